The van der Waals surface area contributed by atoms with Gasteiger partial charge < -0.3 is 5.73 Å². The van der Waals surface area contributed by atoms with E-state index in [1.165, 1.54) is 45.2 Å². The molecule has 0 aromatic carbocycles. The van der Waals surface area contributed by atoms with Gasteiger partial charge in [-0.3, -0.25) is 4.90 Å². The molecule has 1 heterocycles. The Balaban J connectivity index is 2.34. The Morgan fingerprint density at radius 2 is 2.00 bits per heavy atom. The highest BCUT2D eigenvalue weighted by Crippen LogP contribution is 2.24. The summed E-state index contributed by atoms with van der Waals surface area (Å²) in [6, 6.07) is 0.640. The molecule has 0 aromatic heterocycles. The van der Waals surface area contributed by atoms with Gasteiger partial charge in [0.2, 0.25) is 0 Å². The van der Waals surface area contributed by atoms with Crippen LogP contribution in [0.3, 0.4) is 0 Å². The van der Waals surface area contributed by atoms with Gasteiger partial charge in [0.25, 0.3) is 0 Å². The van der Waals surface area contributed by atoms with Crippen LogP contribution in [0.2, 0.25) is 0 Å². The largest absolute Gasteiger partial charge is 0.329 e. The minimum absolute atomic E-state index is 0.640. The summed E-state index contributed by atoms with van der Waals surface area (Å²) in [5, 5.41) is 0. The second-order valence-corrected chi connectivity index (χ2v) is 5.62. The minimum Gasteiger partial charge on any atom is -0.329 e. The molecule has 3 atom stereocenters. The van der Waals surface area contributed by atoms with Crippen LogP contribution in [0.15, 0.2) is 0 Å². The molecule has 1 rings (SSSR count). The quantitative estimate of drug-likeness (QED) is 0.706. The summed E-state index contributed by atoms with van der Waals surface area (Å²) in [5.41, 5.74) is 5.92. The number of nitrogens with two attached hydrogens (primary N) is 1. The van der Waals surface area contributed by atoms with Crippen molar-refractivity contribution < 1.29 is 0 Å². The molecule has 0 bridgehead atoms. The molecule has 3 unspecified atom stereocenters. The van der Waals surface area contributed by atoms with E-state index in [0.717, 1.165) is 18.4 Å². The molecule has 1 saturated heterocycles. The lowest BCUT2D eigenvalue weighted by molar-refractivity contribution is 0.0930. The van der Waals surface area contributed by atoms with Gasteiger partial charge in [0, 0.05) is 19.1 Å². The smallest absolute Gasteiger partial charge is 0.0218 e. The molecular weight excluding hydrogens is 196 g/mol. The number of hydrogen-bond acceptors (Lipinski definition) is 2. The maximum absolute atomic E-state index is 5.92. The predicted molar refractivity (Wildman–Crippen MR) is 71.5 cm³/mol. The van der Waals surface area contributed by atoms with E-state index in [9.17, 15) is 0 Å². The van der Waals surface area contributed by atoms with Crippen molar-refractivity contribution in [2.24, 2.45) is 17.6 Å². The molecule has 1 aliphatic heterocycles. The first-order valence-electron chi connectivity index (χ1n) is 7.13. The highest BCUT2D eigenvalue weighted by Gasteiger charge is 2.26. The Bertz CT molecular complexity index is 182. The third-order valence-electron chi connectivity index (χ3n) is 4.29. The van der Waals surface area contributed by atoms with Crippen LogP contribution in [0.5, 0.6) is 0 Å². The zero-order chi connectivity index (χ0) is 12.0. The first-order valence-corrected chi connectivity index (χ1v) is 7.13. The van der Waals surface area contributed by atoms with Gasteiger partial charge in [0.1, 0.15) is 0 Å². The van der Waals surface area contributed by atoms with Crippen LogP contribution >= 0.6 is 0 Å². The van der Waals surface area contributed by atoms with Crippen molar-refractivity contribution in [3.63, 3.8) is 0 Å². The number of hydrogen-bond donors (Lipinski definition) is 1. The summed E-state index contributed by atoms with van der Waals surface area (Å²) < 4.78 is 0. The van der Waals surface area contributed by atoms with E-state index in [0.29, 0.717) is 6.04 Å². The van der Waals surface area contributed by atoms with Gasteiger partial charge in [-0.05, 0) is 31.2 Å². The Morgan fingerprint density at radius 3 is 2.56 bits per heavy atom. The SMILES string of the molecule is CCCCCC(CN)N1CCC(C)C(C)C1. The maximum Gasteiger partial charge on any atom is 0.0218 e. The number of piperidine rings is 1. The highest BCUT2D eigenvalue weighted by atomic mass is 15.2. The van der Waals surface area contributed by atoms with Gasteiger partial charge in [-0.25, -0.2) is 0 Å². The van der Waals surface area contributed by atoms with Crippen LogP contribution in [0.4, 0.5) is 0 Å². The zero-order valence-electron chi connectivity index (χ0n) is 11.4. The van der Waals surface area contributed by atoms with Crippen molar-refractivity contribution in [3.05, 3.63) is 0 Å². The van der Waals surface area contributed by atoms with Crippen LogP contribution in [0.25, 0.3) is 0 Å². The normalized spacial score (nSPS) is 29.2. The first kappa shape index (κ1) is 14.0. The molecule has 0 radical (unpaired) electrons. The second-order valence-electron chi connectivity index (χ2n) is 5.62. The topological polar surface area (TPSA) is 29.3 Å². The Hall–Kier alpha value is -0.0800. The molecule has 96 valence electrons. The first-order chi connectivity index (χ1) is 7.69. The third-order valence-corrected chi connectivity index (χ3v) is 4.29. The zero-order valence-corrected chi connectivity index (χ0v) is 11.4. The summed E-state index contributed by atoms with van der Waals surface area (Å²) in [5.74, 6) is 1.74. The van der Waals surface area contributed by atoms with Crippen LogP contribution in [0.1, 0.15) is 52.9 Å². The molecule has 2 N–H and O–H groups in total. The molecule has 0 amide bonds. The fourth-order valence-corrected chi connectivity index (χ4v) is 2.71. The Labute approximate surface area is 102 Å². The van der Waals surface area contributed by atoms with Crippen LogP contribution < -0.4 is 5.73 Å². The van der Waals surface area contributed by atoms with Gasteiger partial charge in [0.15, 0.2) is 0 Å². The Morgan fingerprint density at radius 1 is 1.25 bits per heavy atom. The lowest BCUT2D eigenvalue weighted by Crippen LogP contribution is -2.47. The molecule has 1 aliphatic rings. The van der Waals surface area contributed by atoms with Gasteiger partial charge in [-0.1, -0.05) is 40.0 Å². The number of rotatable bonds is 6. The standard InChI is InChI=1S/C14H30N2/c1-4-5-6-7-14(10-15)16-9-8-12(2)13(3)11-16/h12-14H,4-11,15H2,1-3H3. The van der Waals surface area contributed by atoms with E-state index in [-0.39, 0.29) is 0 Å². The van der Waals surface area contributed by atoms with Crippen LogP contribution in [-0.2, 0) is 0 Å². The van der Waals surface area contributed by atoms with E-state index in [2.05, 4.69) is 25.7 Å². The lowest BCUT2D eigenvalue weighted by atomic mass is 9.87. The fourth-order valence-electron chi connectivity index (χ4n) is 2.71. The van der Waals surface area contributed by atoms with Crippen molar-refractivity contribution in [1.29, 1.82) is 0 Å². The summed E-state index contributed by atoms with van der Waals surface area (Å²) in [7, 11) is 0. The monoisotopic (exact) mass is 226 g/mol. The van der Waals surface area contributed by atoms with Gasteiger partial charge in [0.05, 0.1) is 0 Å². The summed E-state index contributed by atoms with van der Waals surface area (Å²) in [4.78, 5) is 2.64. The molecule has 0 aromatic rings. The van der Waals surface area contributed by atoms with E-state index in [1.54, 1.807) is 0 Å². The second kappa shape index (κ2) is 7.29. The average Bonchev–Trinajstić information content (AvgIpc) is 2.29. The Kier molecular flexibility index (Phi) is 6.37. The predicted octanol–water partition coefficient (Wildman–Crippen LogP) is 2.87. The van der Waals surface area contributed by atoms with Crippen LogP contribution in [0, 0.1) is 11.8 Å². The number of unbranched alkanes of at least 4 members (excludes halogenated alkanes) is 2. The van der Waals surface area contributed by atoms with Crippen molar-refractivity contribution >= 4 is 0 Å². The van der Waals surface area contributed by atoms with E-state index in [1.807, 2.05) is 0 Å². The minimum atomic E-state index is 0.640. The molecular formula is C14H30N2. The molecule has 0 spiro atoms. The fraction of sp³-hybridized carbons (Fsp3) is 1.00. The molecule has 0 aliphatic carbocycles. The van der Waals surface area contributed by atoms with Crippen molar-refractivity contribution in [2.45, 2.75) is 58.9 Å². The van der Waals surface area contributed by atoms with Crippen molar-refractivity contribution in [2.75, 3.05) is 19.6 Å². The van der Waals surface area contributed by atoms with Gasteiger partial charge >= 0.3 is 0 Å². The molecule has 1 fully saturated rings. The summed E-state index contributed by atoms with van der Waals surface area (Å²) >= 11 is 0. The molecule has 2 heteroatoms. The van der Waals surface area contributed by atoms with Gasteiger partial charge in [-0.15, -0.1) is 0 Å². The third kappa shape index (κ3) is 4.06. The van der Waals surface area contributed by atoms with E-state index < -0.39 is 0 Å². The summed E-state index contributed by atoms with van der Waals surface area (Å²) in [6.45, 7) is 10.4. The molecule has 0 saturated carbocycles. The van der Waals surface area contributed by atoms with Crippen molar-refractivity contribution in [3.8, 4) is 0 Å². The summed E-state index contributed by atoms with van der Waals surface area (Å²) in [6.07, 6.45) is 6.66. The molecule has 16 heavy (non-hydrogen) atoms. The van der Waals surface area contributed by atoms with Crippen molar-refractivity contribution in [1.82, 2.24) is 4.90 Å². The van der Waals surface area contributed by atoms with Gasteiger partial charge in [-0.2, -0.15) is 0 Å². The molecule has 2 nitrogen and oxygen atoms in total. The van der Waals surface area contributed by atoms with E-state index in [4.69, 9.17) is 5.73 Å². The van der Waals surface area contributed by atoms with E-state index >= 15 is 0 Å². The van der Waals surface area contributed by atoms with Crippen LogP contribution in [-0.4, -0.2) is 30.6 Å². The maximum atomic E-state index is 5.92. The average molecular weight is 226 g/mol. The number of nitrogens with zero attached hydrogens (tertiary/aromatic N) is 1. The number of likely N-dealkylation sites (tertiary alicyclic amines) is 1. The lowest BCUT2D eigenvalue weighted by Gasteiger charge is -2.40. The highest BCUT2D eigenvalue weighted by molar-refractivity contribution is 4.81.